The van der Waals surface area contributed by atoms with Crippen LogP contribution in [0.3, 0.4) is 0 Å². The Balaban J connectivity index is 2.08. The summed E-state index contributed by atoms with van der Waals surface area (Å²) in [5.74, 6) is -1.14. The molecule has 0 unspecified atom stereocenters. The second-order valence-electron chi connectivity index (χ2n) is 4.94. The fourth-order valence-electron chi connectivity index (χ4n) is 2.03. The van der Waals surface area contributed by atoms with Gasteiger partial charge in [0.15, 0.2) is 6.61 Å². The second kappa shape index (κ2) is 8.18. The van der Waals surface area contributed by atoms with Crippen molar-refractivity contribution in [1.29, 1.82) is 5.26 Å². The van der Waals surface area contributed by atoms with Gasteiger partial charge in [0.2, 0.25) is 5.76 Å². The molecule has 7 heteroatoms. The van der Waals surface area contributed by atoms with Crippen molar-refractivity contribution in [3.8, 4) is 6.07 Å². The van der Waals surface area contributed by atoms with Crippen molar-refractivity contribution >= 4 is 29.2 Å². The molecule has 0 fully saturated rings. The number of esters is 1. The van der Waals surface area contributed by atoms with E-state index in [1.54, 1.807) is 24.3 Å². The van der Waals surface area contributed by atoms with Gasteiger partial charge in [-0.15, -0.1) is 0 Å². The summed E-state index contributed by atoms with van der Waals surface area (Å²) in [7, 11) is 0. The highest BCUT2D eigenvalue weighted by atomic mass is 35.5. The molecule has 0 aliphatic heterocycles. The first kappa shape index (κ1) is 17.6. The molecule has 1 aromatic heterocycles. The molecular formula is C17H15ClN2O4. The molecule has 124 valence electrons. The number of halogens is 1. The highest BCUT2D eigenvalue weighted by Gasteiger charge is 2.19. The summed E-state index contributed by atoms with van der Waals surface area (Å²) >= 11 is 5.99. The molecule has 0 spiro atoms. The van der Waals surface area contributed by atoms with Crippen LogP contribution >= 0.6 is 11.6 Å². The van der Waals surface area contributed by atoms with Crippen molar-refractivity contribution in [3.05, 3.63) is 52.9 Å². The van der Waals surface area contributed by atoms with Gasteiger partial charge in [0, 0.05) is 17.3 Å². The van der Waals surface area contributed by atoms with Crippen molar-refractivity contribution in [3.63, 3.8) is 0 Å². The van der Waals surface area contributed by atoms with E-state index in [9.17, 15) is 9.59 Å². The van der Waals surface area contributed by atoms with E-state index < -0.39 is 18.5 Å². The van der Waals surface area contributed by atoms with E-state index in [0.29, 0.717) is 10.7 Å². The van der Waals surface area contributed by atoms with E-state index in [0.717, 1.165) is 5.56 Å². The minimum Gasteiger partial charge on any atom is -0.457 e. The summed E-state index contributed by atoms with van der Waals surface area (Å²) in [5.41, 5.74) is 1.39. The van der Waals surface area contributed by atoms with E-state index in [-0.39, 0.29) is 18.7 Å². The third-order valence-corrected chi connectivity index (χ3v) is 3.67. The van der Waals surface area contributed by atoms with Gasteiger partial charge < -0.3 is 14.1 Å². The zero-order valence-electron chi connectivity index (χ0n) is 13.0. The van der Waals surface area contributed by atoms with Crippen molar-refractivity contribution in [2.24, 2.45) is 0 Å². The smallest absolute Gasteiger partial charge is 0.374 e. The van der Waals surface area contributed by atoms with E-state index in [2.05, 4.69) is 0 Å². The van der Waals surface area contributed by atoms with Gasteiger partial charge in [-0.1, -0.05) is 11.6 Å². The van der Waals surface area contributed by atoms with Crippen molar-refractivity contribution in [1.82, 2.24) is 0 Å². The highest BCUT2D eigenvalue weighted by molar-refractivity contribution is 6.31. The maximum atomic E-state index is 12.4. The average Bonchev–Trinajstić information content (AvgIpc) is 3.10. The molecule has 6 nitrogen and oxygen atoms in total. The van der Waals surface area contributed by atoms with Gasteiger partial charge in [-0.25, -0.2) is 4.79 Å². The maximum Gasteiger partial charge on any atom is 0.374 e. The molecule has 24 heavy (non-hydrogen) atoms. The molecule has 0 saturated heterocycles. The molecule has 0 saturated carbocycles. The quantitative estimate of drug-likeness (QED) is 0.749. The Morgan fingerprint density at radius 3 is 2.79 bits per heavy atom. The van der Waals surface area contributed by atoms with Crippen molar-refractivity contribution in [2.45, 2.75) is 13.3 Å². The first-order valence-electron chi connectivity index (χ1n) is 7.17. The van der Waals surface area contributed by atoms with E-state index in [1.807, 2.05) is 13.0 Å². The number of carbonyl (C=O) groups is 2. The Labute approximate surface area is 144 Å². The minimum absolute atomic E-state index is 0.0220. The number of hydrogen-bond donors (Lipinski definition) is 0. The van der Waals surface area contributed by atoms with Gasteiger partial charge >= 0.3 is 5.97 Å². The summed E-state index contributed by atoms with van der Waals surface area (Å²) < 4.78 is 9.86. The Hall–Kier alpha value is -2.78. The van der Waals surface area contributed by atoms with Crippen LogP contribution < -0.4 is 4.90 Å². The van der Waals surface area contributed by atoms with Crippen LogP contribution in [0.15, 0.2) is 41.0 Å². The summed E-state index contributed by atoms with van der Waals surface area (Å²) in [6, 6.07) is 10.1. The van der Waals surface area contributed by atoms with Crippen LogP contribution in [0.4, 0.5) is 5.69 Å². The van der Waals surface area contributed by atoms with Gasteiger partial charge in [0.05, 0.1) is 18.8 Å². The Morgan fingerprint density at radius 2 is 2.17 bits per heavy atom. The lowest BCUT2D eigenvalue weighted by Crippen LogP contribution is -2.35. The third-order valence-electron chi connectivity index (χ3n) is 3.25. The number of aryl methyl sites for hydroxylation is 1. The van der Waals surface area contributed by atoms with Crippen LogP contribution in [0.2, 0.25) is 5.02 Å². The monoisotopic (exact) mass is 346 g/mol. The average molecular weight is 347 g/mol. The molecule has 0 radical (unpaired) electrons. The molecule has 0 aliphatic rings. The molecule has 0 aliphatic carbocycles. The molecule has 1 heterocycles. The topological polar surface area (TPSA) is 83.5 Å². The fourth-order valence-corrected chi connectivity index (χ4v) is 2.14. The Kier molecular flexibility index (Phi) is 5.99. The molecule has 0 bridgehead atoms. The van der Waals surface area contributed by atoms with Crippen LogP contribution in [-0.2, 0) is 9.53 Å². The predicted octanol–water partition coefficient (Wildman–Crippen LogP) is 3.35. The van der Waals surface area contributed by atoms with Crippen LogP contribution in [0.5, 0.6) is 0 Å². The number of ether oxygens (including phenoxy) is 1. The number of furan rings is 1. The molecule has 2 rings (SSSR count). The number of carbonyl (C=O) groups excluding carboxylic acids is 2. The second-order valence-corrected chi connectivity index (χ2v) is 5.35. The predicted molar refractivity (Wildman–Crippen MR) is 87.8 cm³/mol. The number of benzene rings is 1. The Morgan fingerprint density at radius 1 is 1.38 bits per heavy atom. The molecular weight excluding hydrogens is 332 g/mol. The molecule has 0 atom stereocenters. The zero-order chi connectivity index (χ0) is 17.5. The first-order valence-corrected chi connectivity index (χ1v) is 7.55. The minimum atomic E-state index is -0.721. The van der Waals surface area contributed by atoms with Crippen molar-refractivity contribution in [2.75, 3.05) is 18.1 Å². The normalized spacial score (nSPS) is 10.0. The lowest BCUT2D eigenvalue weighted by Gasteiger charge is -2.22. The van der Waals surface area contributed by atoms with Crippen LogP contribution in [0.25, 0.3) is 0 Å². The van der Waals surface area contributed by atoms with Gasteiger partial charge in [0.1, 0.15) is 0 Å². The first-order chi connectivity index (χ1) is 11.5. The number of rotatable bonds is 6. The number of nitrogens with zero attached hydrogens (tertiary/aromatic N) is 2. The molecule has 1 aromatic carbocycles. The van der Waals surface area contributed by atoms with Crippen LogP contribution in [0.1, 0.15) is 22.5 Å². The molecule has 2 aromatic rings. The fraction of sp³-hybridized carbons (Fsp3) is 0.235. The highest BCUT2D eigenvalue weighted by Crippen LogP contribution is 2.23. The van der Waals surface area contributed by atoms with Gasteiger partial charge in [0.25, 0.3) is 5.91 Å². The summed E-state index contributed by atoms with van der Waals surface area (Å²) in [5, 5.41) is 9.36. The lowest BCUT2D eigenvalue weighted by molar-refractivity contribution is -0.121. The number of hydrogen-bond acceptors (Lipinski definition) is 5. The van der Waals surface area contributed by atoms with Gasteiger partial charge in [-0.2, -0.15) is 5.26 Å². The van der Waals surface area contributed by atoms with Gasteiger partial charge in [-0.3, -0.25) is 4.79 Å². The SMILES string of the molecule is Cc1cc(N(CCC#N)C(=O)COC(=O)c2ccco2)ccc1Cl. The Bertz CT molecular complexity index is 765. The number of amides is 1. The largest absolute Gasteiger partial charge is 0.457 e. The zero-order valence-corrected chi connectivity index (χ0v) is 13.7. The summed E-state index contributed by atoms with van der Waals surface area (Å²) in [4.78, 5) is 25.5. The lowest BCUT2D eigenvalue weighted by atomic mass is 10.2. The van der Waals surface area contributed by atoms with E-state index >= 15 is 0 Å². The van der Waals surface area contributed by atoms with Crippen LogP contribution in [0, 0.1) is 18.3 Å². The standard InChI is InChI=1S/C17H15ClN2O4/c1-12-10-13(5-6-14(12)18)20(8-3-7-19)16(21)11-24-17(22)15-4-2-9-23-15/h2,4-6,9-10H,3,8,11H2,1H3. The van der Waals surface area contributed by atoms with Gasteiger partial charge in [-0.05, 0) is 42.8 Å². The van der Waals surface area contributed by atoms with Crippen LogP contribution in [-0.4, -0.2) is 25.0 Å². The molecule has 1 amide bonds. The number of anilines is 1. The number of nitriles is 1. The van der Waals surface area contributed by atoms with Crippen molar-refractivity contribution < 1.29 is 18.7 Å². The van der Waals surface area contributed by atoms with E-state index in [4.69, 9.17) is 26.0 Å². The molecule has 0 N–H and O–H groups in total. The maximum absolute atomic E-state index is 12.4. The van der Waals surface area contributed by atoms with E-state index in [1.165, 1.54) is 17.2 Å². The summed E-state index contributed by atoms with van der Waals surface area (Å²) in [6.07, 6.45) is 1.49. The summed E-state index contributed by atoms with van der Waals surface area (Å²) in [6.45, 7) is 1.55. The third kappa shape index (κ3) is 4.37.